The second-order valence-electron chi connectivity index (χ2n) is 34.5. The minimum atomic E-state index is -5.10. The van der Waals surface area contributed by atoms with Gasteiger partial charge in [0.25, 0.3) is 0 Å². The van der Waals surface area contributed by atoms with Gasteiger partial charge in [-0.15, -0.1) is 34.9 Å². The van der Waals surface area contributed by atoms with Crippen LogP contribution in [0.3, 0.4) is 0 Å². The van der Waals surface area contributed by atoms with Crippen LogP contribution in [0.15, 0.2) is 35.6 Å². The number of amides is 8. The molecule has 8 amide bonds. The Bertz CT molecular complexity index is 4200. The zero-order valence-electron chi connectivity index (χ0n) is 76.3. The molecule has 0 radical (unpaired) electrons. The number of aliphatic imine (C=N–C) groups is 2. The molecule has 6 bridgehead atoms. The number of hydrogen-bond donors (Lipinski definition) is 8. The third kappa shape index (κ3) is 37.2. The van der Waals surface area contributed by atoms with Crippen LogP contribution >= 0.6 is 0 Å². The molecule has 9 atom stereocenters. The molecular weight excluding hydrogens is 1720 g/mol. The van der Waals surface area contributed by atoms with Gasteiger partial charge in [0, 0.05) is 26.2 Å². The predicted molar refractivity (Wildman–Crippen MR) is 465 cm³/mol. The number of carbonyl (C=O) groups is 5. The first kappa shape index (κ1) is 111. The number of hydrogen-bond acceptors (Lipinski definition) is 32. The maximum atomic E-state index is 12.5. The molecule has 0 saturated carbocycles. The first-order valence-corrected chi connectivity index (χ1v) is 48.0. The average Bonchev–Trinajstić information content (AvgIpc) is 1.63. The van der Waals surface area contributed by atoms with Crippen molar-refractivity contribution in [2.75, 3.05) is 91.6 Å². The second-order valence-corrected chi connectivity index (χ2v) is 37.4. The number of aliphatic hydroxyl groups excluding tert-OH is 2. The number of fused-ring (bicyclic) bond motifs is 6. The van der Waals surface area contributed by atoms with Crippen molar-refractivity contribution >= 4 is 73.3 Å². The van der Waals surface area contributed by atoms with Crippen LogP contribution in [0.25, 0.3) is 0 Å². The first-order chi connectivity index (χ1) is 59.1. The summed E-state index contributed by atoms with van der Waals surface area (Å²) in [5.74, 6) is 0.311. The summed E-state index contributed by atoms with van der Waals surface area (Å²) in [4.78, 5) is 72.4. The molecule has 9 rings (SSSR count). The fourth-order valence-corrected chi connectivity index (χ4v) is 16.2. The molecule has 127 heavy (non-hydrogen) atoms. The quantitative estimate of drug-likeness (QED) is 0.00857. The van der Waals surface area contributed by atoms with Crippen molar-refractivity contribution < 1.29 is 118 Å². The monoisotopic (exact) mass is 1870 g/mol. The molecule has 45 nitrogen and oxygen atoms in total. The Balaban J connectivity index is 0.000000341. The number of piperidine rings is 3. The molecule has 9 heterocycles. The molecule has 6 fully saturated rings. The number of amidine groups is 1. The average molecular weight is 1870 g/mol. The Kier molecular flexibility index (Phi) is 45.4. The standard InChI is InChI=1S/C18H28N6O8S.C17H26N6O9S.2C16H36N.C11H17N7O7S.CH4/c1-10(8-19-11(2)20-16(25)31-18(3,4)5)14-21-22-15(30-14)13-7-6-12-9-23(13)17(26)24(12)32-33(27,28)29;1-9(19-15(25)31-17(2,3)4)18-7-12(24)14-21-20-13(30-14)11-6-5-10-8-22(11)16(26)23(10)32-33(27,28)29;2*1-5-9-13-17(14-10-6-2,15-11-7-3)16-12-8-4;12-10(13)14-3-7(19)9-16-15-8(24-9)6-2-1-5-4-17(6)11(20)18(5)25-26(21,22)23;/h10,12-13,19H,2,6-9H2,1,3-5H3,(H,20,25)(H,27,28,29);10-12,24H,5-8H2,1-4H3,(H,18,19,25)(H,27,28,29);2*5-16H2,1-4H3;5-7,19H,1-4H2,(H4,12,13,14)(H,21,22,23);1H4/q;;2*+1;;/p-2/t10-,12-,13+;10-,11+,12-;;;5-,6+,7-;/m11..1./s1. The summed E-state index contributed by atoms with van der Waals surface area (Å²) in [6.45, 7) is 47.9. The summed E-state index contributed by atoms with van der Waals surface area (Å²) in [6.07, 6.45) is 20.6. The van der Waals surface area contributed by atoms with Gasteiger partial charge >= 0.3 is 40.7 Å². The molecule has 6 aliphatic heterocycles. The van der Waals surface area contributed by atoms with Gasteiger partial charge < -0.3 is 82.5 Å². The Morgan fingerprint density at radius 1 is 0.512 bits per heavy atom. The summed E-state index contributed by atoms with van der Waals surface area (Å²) in [7, 11) is -15.0. The van der Waals surface area contributed by atoms with Crippen molar-refractivity contribution in [3.05, 3.63) is 47.7 Å². The molecule has 3 aromatic rings. The molecule has 0 aliphatic carbocycles. The topological polar surface area (TPSA) is 590 Å². The molecule has 0 aromatic carbocycles. The van der Waals surface area contributed by atoms with E-state index in [1.807, 2.05) is 6.92 Å². The normalized spacial score (nSPS) is 19.6. The van der Waals surface area contributed by atoms with Gasteiger partial charge in [0.05, 0.1) is 89.5 Å². The van der Waals surface area contributed by atoms with E-state index < -0.39 is 121 Å². The van der Waals surface area contributed by atoms with E-state index in [1.165, 1.54) is 186 Å². The molecular formula is C79H145N21O24S3. The number of guanidine groups is 1. The summed E-state index contributed by atoms with van der Waals surface area (Å²) in [5.41, 5.74) is 9.05. The zero-order chi connectivity index (χ0) is 94.1. The highest BCUT2D eigenvalue weighted by Gasteiger charge is 2.52. The lowest BCUT2D eigenvalue weighted by Gasteiger charge is -2.39. The fraction of sp³-hybridized carbons (Fsp3) is 0.810. The largest absolute Gasteiger partial charge is 0.724 e. The molecule has 0 spiro atoms. The van der Waals surface area contributed by atoms with Crippen molar-refractivity contribution in [3.8, 4) is 0 Å². The Morgan fingerprint density at radius 3 is 1.09 bits per heavy atom. The van der Waals surface area contributed by atoms with E-state index in [2.05, 4.69) is 131 Å². The third-order valence-electron chi connectivity index (χ3n) is 21.5. The van der Waals surface area contributed by atoms with Crippen molar-refractivity contribution in [2.24, 2.45) is 21.5 Å². The number of hydroxylamine groups is 6. The van der Waals surface area contributed by atoms with Crippen LogP contribution in [0, 0.1) is 0 Å². The number of carbonyl (C=O) groups excluding carboxylic acids is 5. The Morgan fingerprint density at radius 2 is 0.803 bits per heavy atom. The number of aromatic nitrogens is 6. The van der Waals surface area contributed by atoms with Crippen LogP contribution in [0.4, 0.5) is 24.0 Å². The van der Waals surface area contributed by atoms with E-state index in [0.29, 0.717) is 66.2 Å². The van der Waals surface area contributed by atoms with Crippen LogP contribution in [0.5, 0.6) is 0 Å². The van der Waals surface area contributed by atoms with Gasteiger partial charge in [-0.05, 0) is 138 Å². The van der Waals surface area contributed by atoms with Gasteiger partial charge in [-0.25, -0.2) is 40.8 Å². The number of nitrogens with zero attached hydrogens (tertiary/aromatic N) is 16. The molecule has 6 aliphatic rings. The van der Waals surface area contributed by atoms with Crippen molar-refractivity contribution in [1.82, 2.24) is 76.4 Å². The lowest BCUT2D eigenvalue weighted by atomic mass is 10.0. The number of alkyl carbamates (subject to hydrolysis) is 2. The number of aliphatic hydroxyl groups is 2. The number of nitrogens with one attached hydrogen (secondary N) is 3. The van der Waals surface area contributed by atoms with E-state index in [0.717, 1.165) is 0 Å². The van der Waals surface area contributed by atoms with E-state index in [9.17, 15) is 68.5 Å². The summed E-state index contributed by atoms with van der Waals surface area (Å²) < 4.78 is 139. The number of ether oxygens (including phenoxy) is 2. The van der Waals surface area contributed by atoms with E-state index in [1.54, 1.807) is 41.5 Å². The van der Waals surface area contributed by atoms with Gasteiger partial charge in [-0.2, -0.15) is 32.2 Å². The van der Waals surface area contributed by atoms with Crippen LogP contribution in [-0.4, -0.2) is 282 Å². The SMILES string of the molecule is C.C=C(NC[C@@H](C)c1nnc([C@@H]2CC[C@@H]3CN2C(=O)N3OS(=O)(=O)[O-])o1)NC(=O)OC(C)(C)C.CC(=NC[C@@H](O)c1nnc([C@@H]2CC[C@@H]3CN2C(=O)N3OS(=O)(=O)[O-])o1)NC(=O)OC(C)(C)C.CCCC[N+](CCCC)(CCCC)CCCC.CCCC[N+](CCCC)(CCCC)CCCC.NC(N)=NC[C@@H](O)c1nnc([C@@H]2CC[C@@H]3CN2C(=O)N3OS(=O)(=O)O)o1. The highest BCUT2D eigenvalue weighted by Crippen LogP contribution is 2.42. The molecule has 3 aromatic heterocycles. The molecule has 6 saturated heterocycles. The highest BCUT2D eigenvalue weighted by molar-refractivity contribution is 7.81. The number of quaternary nitrogens is 2. The lowest BCUT2D eigenvalue weighted by molar-refractivity contribution is -0.929. The van der Waals surface area contributed by atoms with Crippen molar-refractivity contribution in [3.63, 3.8) is 0 Å². The number of nitrogens with two attached hydrogens (primary N) is 2. The maximum absolute atomic E-state index is 12.5. The zero-order valence-corrected chi connectivity index (χ0v) is 78.8. The van der Waals surface area contributed by atoms with E-state index in [-0.39, 0.29) is 93.1 Å². The summed E-state index contributed by atoms with van der Waals surface area (Å²) in [6, 6.07) is -5.86. The third-order valence-corrected chi connectivity index (χ3v) is 22.5. The van der Waals surface area contributed by atoms with Crippen molar-refractivity contribution in [2.45, 2.75) is 325 Å². The Labute approximate surface area is 749 Å². The molecule has 10 N–H and O–H groups in total. The van der Waals surface area contributed by atoms with E-state index in [4.69, 9.17) is 38.7 Å². The van der Waals surface area contributed by atoms with Crippen LogP contribution < -0.4 is 27.4 Å². The fourth-order valence-electron chi connectivity index (χ4n) is 15.1. The Hall–Kier alpha value is -8.30. The van der Waals surface area contributed by atoms with Gasteiger partial charge in [0.2, 0.25) is 56.1 Å². The minimum absolute atomic E-state index is 0. The van der Waals surface area contributed by atoms with Crippen molar-refractivity contribution in [1.29, 1.82) is 0 Å². The molecule has 728 valence electrons. The first-order valence-electron chi connectivity index (χ1n) is 43.9. The highest BCUT2D eigenvalue weighted by atomic mass is 32.3. The van der Waals surface area contributed by atoms with Gasteiger partial charge in [0.1, 0.15) is 41.0 Å². The smallest absolute Gasteiger partial charge is 0.418 e. The van der Waals surface area contributed by atoms with Crippen LogP contribution in [-0.2, 0) is 53.5 Å². The second kappa shape index (κ2) is 51.9. The van der Waals surface area contributed by atoms with Crippen LogP contribution in [0.1, 0.15) is 331 Å². The molecule has 0 unspecified atom stereocenters. The number of unbranched alkanes of at least 4 members (excludes halogenated alkanes) is 8. The van der Waals surface area contributed by atoms with Gasteiger partial charge in [-0.1, -0.05) is 128 Å². The van der Waals surface area contributed by atoms with Crippen LogP contribution in [0.2, 0.25) is 0 Å². The number of urea groups is 3. The molecule has 48 heteroatoms. The minimum Gasteiger partial charge on any atom is -0.724 e. The lowest BCUT2D eigenvalue weighted by Crippen LogP contribution is -2.50. The van der Waals surface area contributed by atoms with Gasteiger partial charge in [0.15, 0.2) is 18.2 Å². The maximum Gasteiger partial charge on any atom is 0.418 e. The predicted octanol–water partition coefficient (Wildman–Crippen LogP) is 10.2. The summed E-state index contributed by atoms with van der Waals surface area (Å²) in [5, 5.41) is 53.1. The number of rotatable bonds is 44. The summed E-state index contributed by atoms with van der Waals surface area (Å²) >= 11 is 0. The van der Waals surface area contributed by atoms with Gasteiger partial charge in [-0.3, -0.25) is 25.2 Å². The van der Waals surface area contributed by atoms with E-state index >= 15 is 0 Å².